The van der Waals surface area contributed by atoms with E-state index in [9.17, 15) is 18.0 Å². The fourth-order valence-electron chi connectivity index (χ4n) is 1.58. The van der Waals surface area contributed by atoms with Crippen molar-refractivity contribution in [3.8, 4) is 5.75 Å². The van der Waals surface area contributed by atoms with Crippen LogP contribution in [-0.4, -0.2) is 25.4 Å². The molecule has 0 saturated heterocycles. The molecule has 0 aliphatic rings. The standard InChI is InChI=1S/C13H17F3N2O2/c1-2-18-12(19)7-8-17-9-10-5-3-4-6-11(10)20-13(14,15)16/h3-6,17H,2,7-9H2,1H3,(H,18,19). The molecule has 0 atom stereocenters. The first-order chi connectivity index (χ1) is 9.42. The second-order valence-electron chi connectivity index (χ2n) is 4.04. The number of rotatable bonds is 7. The topological polar surface area (TPSA) is 50.4 Å². The number of benzene rings is 1. The molecule has 1 aromatic carbocycles. The Morgan fingerprint density at radius 2 is 2.00 bits per heavy atom. The van der Waals surface area contributed by atoms with Crippen molar-refractivity contribution < 1.29 is 22.7 Å². The minimum absolute atomic E-state index is 0.0974. The van der Waals surface area contributed by atoms with E-state index in [1.54, 1.807) is 12.1 Å². The van der Waals surface area contributed by atoms with Crippen LogP contribution in [0.1, 0.15) is 18.9 Å². The summed E-state index contributed by atoms with van der Waals surface area (Å²) in [5, 5.41) is 5.54. The van der Waals surface area contributed by atoms with Gasteiger partial charge in [0.05, 0.1) is 0 Å². The van der Waals surface area contributed by atoms with Crippen molar-refractivity contribution in [1.82, 2.24) is 10.6 Å². The van der Waals surface area contributed by atoms with E-state index in [1.807, 2.05) is 6.92 Å². The second-order valence-corrected chi connectivity index (χ2v) is 4.04. The first kappa shape index (κ1) is 16.3. The van der Waals surface area contributed by atoms with Gasteiger partial charge in [-0.15, -0.1) is 13.2 Å². The van der Waals surface area contributed by atoms with Crippen molar-refractivity contribution in [2.45, 2.75) is 26.3 Å². The Kier molecular flexibility index (Phi) is 6.30. The summed E-state index contributed by atoms with van der Waals surface area (Å²) < 4.78 is 40.5. The average molecular weight is 290 g/mol. The van der Waals surface area contributed by atoms with E-state index in [2.05, 4.69) is 15.4 Å². The molecule has 4 nitrogen and oxygen atoms in total. The van der Waals surface area contributed by atoms with Gasteiger partial charge in [-0.05, 0) is 13.0 Å². The molecule has 7 heteroatoms. The van der Waals surface area contributed by atoms with Crippen LogP contribution in [0.25, 0.3) is 0 Å². The minimum atomic E-state index is -4.71. The molecular formula is C13H17F3N2O2. The SMILES string of the molecule is CCNC(=O)CCNCc1ccccc1OC(F)(F)F. The number of hydrogen-bond donors (Lipinski definition) is 2. The van der Waals surface area contributed by atoms with E-state index >= 15 is 0 Å². The lowest BCUT2D eigenvalue weighted by Gasteiger charge is -2.13. The van der Waals surface area contributed by atoms with Crippen LogP contribution in [0.3, 0.4) is 0 Å². The lowest BCUT2D eigenvalue weighted by atomic mass is 10.2. The molecule has 0 saturated carbocycles. The molecule has 20 heavy (non-hydrogen) atoms. The molecule has 0 radical (unpaired) electrons. The maximum absolute atomic E-state index is 12.2. The molecule has 0 aliphatic heterocycles. The first-order valence-electron chi connectivity index (χ1n) is 6.23. The first-order valence-corrected chi connectivity index (χ1v) is 6.23. The number of para-hydroxylation sites is 1. The number of alkyl halides is 3. The van der Waals surface area contributed by atoms with Gasteiger partial charge >= 0.3 is 6.36 Å². The Balaban J connectivity index is 2.46. The fraction of sp³-hybridized carbons (Fsp3) is 0.462. The predicted molar refractivity (Wildman–Crippen MR) is 68.1 cm³/mol. The summed E-state index contributed by atoms with van der Waals surface area (Å²) in [5.74, 6) is -0.328. The number of amides is 1. The maximum Gasteiger partial charge on any atom is 0.573 e. The zero-order valence-corrected chi connectivity index (χ0v) is 11.1. The predicted octanol–water partition coefficient (Wildman–Crippen LogP) is 2.20. The molecule has 1 rings (SSSR count). The number of carbonyl (C=O) groups excluding carboxylic acids is 1. The molecule has 0 heterocycles. The number of halogens is 3. The van der Waals surface area contributed by atoms with Gasteiger partial charge in [-0.25, -0.2) is 0 Å². The van der Waals surface area contributed by atoms with Crippen LogP contribution in [0.5, 0.6) is 5.75 Å². The van der Waals surface area contributed by atoms with E-state index in [0.29, 0.717) is 18.7 Å². The van der Waals surface area contributed by atoms with Gasteiger partial charge in [0.2, 0.25) is 5.91 Å². The van der Waals surface area contributed by atoms with Crippen LogP contribution in [0.2, 0.25) is 0 Å². The van der Waals surface area contributed by atoms with E-state index in [0.717, 1.165) is 0 Å². The highest BCUT2D eigenvalue weighted by Crippen LogP contribution is 2.25. The normalized spacial score (nSPS) is 11.2. The molecule has 0 unspecified atom stereocenters. The molecule has 0 aliphatic carbocycles. The Hall–Kier alpha value is -1.76. The lowest BCUT2D eigenvalue weighted by molar-refractivity contribution is -0.274. The summed E-state index contributed by atoms with van der Waals surface area (Å²) in [6.07, 6.45) is -4.44. The largest absolute Gasteiger partial charge is 0.573 e. The zero-order chi connectivity index (χ0) is 15.0. The third-order valence-corrected chi connectivity index (χ3v) is 2.42. The van der Waals surface area contributed by atoms with Gasteiger partial charge in [-0.3, -0.25) is 4.79 Å². The van der Waals surface area contributed by atoms with Gasteiger partial charge in [-0.2, -0.15) is 0 Å². The highest BCUT2D eigenvalue weighted by atomic mass is 19.4. The van der Waals surface area contributed by atoms with Crippen LogP contribution < -0.4 is 15.4 Å². The maximum atomic E-state index is 12.2. The summed E-state index contributed by atoms with van der Waals surface area (Å²) in [5.41, 5.74) is 0.390. The van der Waals surface area contributed by atoms with Crippen LogP contribution in [0.4, 0.5) is 13.2 Å². The molecule has 1 amide bonds. The van der Waals surface area contributed by atoms with Gasteiger partial charge in [0.15, 0.2) is 0 Å². The Morgan fingerprint density at radius 1 is 1.30 bits per heavy atom. The molecule has 1 aromatic rings. The molecule has 0 bridgehead atoms. The average Bonchev–Trinajstić information content (AvgIpc) is 2.35. The lowest BCUT2D eigenvalue weighted by Crippen LogP contribution is -2.27. The minimum Gasteiger partial charge on any atom is -0.405 e. The van der Waals surface area contributed by atoms with E-state index in [1.165, 1.54) is 12.1 Å². The van der Waals surface area contributed by atoms with Gasteiger partial charge in [-0.1, -0.05) is 18.2 Å². The summed E-state index contributed by atoms with van der Waals surface area (Å²) in [4.78, 5) is 11.2. The zero-order valence-electron chi connectivity index (χ0n) is 11.1. The van der Waals surface area contributed by atoms with Crippen LogP contribution in [0.15, 0.2) is 24.3 Å². The van der Waals surface area contributed by atoms with E-state index in [4.69, 9.17) is 0 Å². The summed E-state index contributed by atoms with van der Waals surface area (Å²) in [7, 11) is 0. The van der Waals surface area contributed by atoms with E-state index in [-0.39, 0.29) is 24.6 Å². The number of carbonyl (C=O) groups is 1. The Morgan fingerprint density at radius 3 is 2.65 bits per heavy atom. The van der Waals surface area contributed by atoms with Crippen molar-refractivity contribution in [3.63, 3.8) is 0 Å². The van der Waals surface area contributed by atoms with Crippen molar-refractivity contribution in [3.05, 3.63) is 29.8 Å². The Bertz CT molecular complexity index is 436. The van der Waals surface area contributed by atoms with Gasteiger partial charge in [0, 0.05) is 31.6 Å². The smallest absolute Gasteiger partial charge is 0.405 e. The van der Waals surface area contributed by atoms with Crippen molar-refractivity contribution >= 4 is 5.91 Å². The number of ether oxygens (including phenoxy) is 1. The fourth-order valence-corrected chi connectivity index (χ4v) is 1.58. The van der Waals surface area contributed by atoms with Crippen molar-refractivity contribution in [1.29, 1.82) is 0 Å². The molecule has 2 N–H and O–H groups in total. The summed E-state index contributed by atoms with van der Waals surface area (Å²) >= 11 is 0. The summed E-state index contributed by atoms with van der Waals surface area (Å²) in [6.45, 7) is 2.95. The number of hydrogen-bond acceptors (Lipinski definition) is 3. The number of nitrogens with one attached hydrogen (secondary N) is 2. The molecular weight excluding hydrogens is 273 g/mol. The Labute approximate surface area is 115 Å². The van der Waals surface area contributed by atoms with Crippen molar-refractivity contribution in [2.24, 2.45) is 0 Å². The van der Waals surface area contributed by atoms with Crippen molar-refractivity contribution in [2.75, 3.05) is 13.1 Å². The second kappa shape index (κ2) is 7.74. The van der Waals surface area contributed by atoms with Crippen LogP contribution in [-0.2, 0) is 11.3 Å². The highest BCUT2D eigenvalue weighted by Gasteiger charge is 2.31. The molecule has 0 spiro atoms. The molecule has 0 fully saturated rings. The third kappa shape index (κ3) is 6.42. The van der Waals surface area contributed by atoms with Gasteiger partial charge in [0.25, 0.3) is 0 Å². The molecule has 112 valence electrons. The third-order valence-electron chi connectivity index (χ3n) is 2.42. The quantitative estimate of drug-likeness (QED) is 0.757. The van der Waals surface area contributed by atoms with Gasteiger partial charge in [0.1, 0.15) is 5.75 Å². The van der Waals surface area contributed by atoms with Gasteiger partial charge < -0.3 is 15.4 Å². The highest BCUT2D eigenvalue weighted by molar-refractivity contribution is 5.75. The van der Waals surface area contributed by atoms with Crippen LogP contribution >= 0.6 is 0 Å². The summed E-state index contributed by atoms with van der Waals surface area (Å²) in [6, 6.07) is 5.90. The van der Waals surface area contributed by atoms with Crippen LogP contribution in [0, 0.1) is 0 Å². The van der Waals surface area contributed by atoms with E-state index < -0.39 is 6.36 Å². The monoisotopic (exact) mass is 290 g/mol. The molecule has 0 aromatic heterocycles.